The van der Waals surface area contributed by atoms with Crippen molar-refractivity contribution in [2.45, 2.75) is 0 Å². The summed E-state index contributed by atoms with van der Waals surface area (Å²) in [6.45, 7) is 0. The van der Waals surface area contributed by atoms with Crippen LogP contribution in [0.1, 0.15) is 10.4 Å². The molecule has 0 heterocycles. The minimum Gasteiger partial charge on any atom is -0.477 e. The predicted molar refractivity (Wildman–Crippen MR) is 82.5 cm³/mol. The summed E-state index contributed by atoms with van der Waals surface area (Å²) in [5.41, 5.74) is -0.255. The van der Waals surface area contributed by atoms with Crippen LogP contribution in [0.2, 0.25) is 5.02 Å². The molecule has 8 heteroatoms. The number of para-hydroxylation sites is 1. The number of nitro groups is 1. The van der Waals surface area contributed by atoms with Crippen LogP contribution in [0.25, 0.3) is 0 Å². The summed E-state index contributed by atoms with van der Waals surface area (Å²) in [6, 6.07) is 8.92. The largest absolute Gasteiger partial charge is 0.477 e. The predicted octanol–water partition coefficient (Wildman–Crippen LogP) is 4.45. The zero-order valence-electron chi connectivity index (χ0n) is 10.3. The normalized spacial score (nSPS) is 10.2. The smallest absolute Gasteiger partial charge is 0.342 e. The number of halogens is 2. The molecule has 6 nitrogen and oxygen atoms in total. The third-order valence-electron chi connectivity index (χ3n) is 2.65. The van der Waals surface area contributed by atoms with Gasteiger partial charge in [0.15, 0.2) is 0 Å². The Morgan fingerprint density at radius 1 is 1.29 bits per heavy atom. The second-order valence-corrected chi connectivity index (χ2v) is 5.30. The molecule has 0 radical (unpaired) electrons. The van der Waals surface area contributed by atoms with Gasteiger partial charge in [-0.25, -0.2) is 4.79 Å². The van der Waals surface area contributed by atoms with Crippen molar-refractivity contribution < 1.29 is 14.8 Å². The van der Waals surface area contributed by atoms with Crippen molar-refractivity contribution in [2.75, 3.05) is 5.32 Å². The Bertz CT molecular complexity index is 736. The molecule has 0 saturated carbocycles. The van der Waals surface area contributed by atoms with E-state index in [9.17, 15) is 14.9 Å². The molecular weight excluding hydrogens is 364 g/mol. The molecule has 0 aliphatic carbocycles. The quantitative estimate of drug-likeness (QED) is 0.612. The number of aromatic carboxylic acids is 1. The Morgan fingerprint density at radius 3 is 2.57 bits per heavy atom. The fourth-order valence-corrected chi connectivity index (χ4v) is 2.53. The molecule has 0 fully saturated rings. The molecule has 0 aliphatic rings. The Balaban J connectivity index is 2.51. The van der Waals surface area contributed by atoms with Gasteiger partial charge in [0.05, 0.1) is 10.6 Å². The van der Waals surface area contributed by atoms with Crippen molar-refractivity contribution in [1.29, 1.82) is 0 Å². The Morgan fingerprint density at radius 2 is 2.00 bits per heavy atom. The topological polar surface area (TPSA) is 92.5 Å². The number of rotatable bonds is 4. The number of hydrogen-bond acceptors (Lipinski definition) is 4. The molecule has 2 rings (SSSR count). The number of carbonyl (C=O) groups is 1. The SMILES string of the molecule is O=C(O)c1cccc(Nc2ccc(Cl)cc2Br)c1[N+](=O)[O-]. The van der Waals surface area contributed by atoms with Crippen LogP contribution in [0.5, 0.6) is 0 Å². The van der Waals surface area contributed by atoms with E-state index in [2.05, 4.69) is 21.2 Å². The lowest BCUT2D eigenvalue weighted by atomic mass is 10.1. The second-order valence-electron chi connectivity index (χ2n) is 4.01. The van der Waals surface area contributed by atoms with E-state index in [0.717, 1.165) is 0 Å². The molecule has 0 spiro atoms. The zero-order chi connectivity index (χ0) is 15.6. The van der Waals surface area contributed by atoms with E-state index in [1.165, 1.54) is 18.2 Å². The van der Waals surface area contributed by atoms with E-state index in [1.54, 1.807) is 18.2 Å². The van der Waals surface area contributed by atoms with Gasteiger partial charge in [0, 0.05) is 9.50 Å². The molecular formula is C13H8BrClN2O4. The number of anilines is 2. The number of nitrogens with one attached hydrogen (secondary N) is 1. The minimum atomic E-state index is -1.36. The average molecular weight is 372 g/mol. The highest BCUT2D eigenvalue weighted by Gasteiger charge is 2.24. The van der Waals surface area contributed by atoms with Crippen LogP contribution in [-0.2, 0) is 0 Å². The van der Waals surface area contributed by atoms with Gasteiger partial charge in [0.1, 0.15) is 11.3 Å². The lowest BCUT2D eigenvalue weighted by Crippen LogP contribution is -2.05. The molecule has 2 aromatic rings. The maximum Gasteiger partial charge on any atom is 0.342 e. The average Bonchev–Trinajstić information content (AvgIpc) is 2.41. The lowest BCUT2D eigenvalue weighted by molar-refractivity contribution is -0.384. The molecule has 0 aliphatic heterocycles. The number of hydrogen-bond donors (Lipinski definition) is 2. The Hall–Kier alpha value is -2.12. The highest BCUT2D eigenvalue weighted by Crippen LogP contribution is 2.34. The van der Waals surface area contributed by atoms with E-state index >= 15 is 0 Å². The summed E-state index contributed by atoms with van der Waals surface area (Å²) in [7, 11) is 0. The fraction of sp³-hybridized carbons (Fsp3) is 0. The number of nitrogens with zero attached hydrogens (tertiary/aromatic N) is 1. The number of benzene rings is 2. The van der Waals surface area contributed by atoms with Gasteiger partial charge < -0.3 is 10.4 Å². The fourth-order valence-electron chi connectivity index (χ4n) is 1.75. The monoisotopic (exact) mass is 370 g/mol. The van der Waals surface area contributed by atoms with E-state index in [0.29, 0.717) is 15.2 Å². The summed E-state index contributed by atoms with van der Waals surface area (Å²) < 4.78 is 0.602. The van der Waals surface area contributed by atoms with Gasteiger partial charge >= 0.3 is 11.7 Å². The van der Waals surface area contributed by atoms with Crippen LogP contribution in [0, 0.1) is 10.1 Å². The van der Waals surface area contributed by atoms with E-state index in [4.69, 9.17) is 16.7 Å². The van der Waals surface area contributed by atoms with Crippen LogP contribution in [0.15, 0.2) is 40.9 Å². The molecule has 2 N–H and O–H groups in total. The van der Waals surface area contributed by atoms with Gasteiger partial charge in [0.25, 0.3) is 0 Å². The number of carboxylic acids is 1. The molecule has 0 amide bonds. The molecule has 21 heavy (non-hydrogen) atoms. The van der Waals surface area contributed by atoms with E-state index in [1.807, 2.05) is 0 Å². The third kappa shape index (κ3) is 3.32. The summed E-state index contributed by atoms with van der Waals surface area (Å²) in [5, 5.41) is 23.5. The Kier molecular flexibility index (Phi) is 4.44. The second kappa shape index (κ2) is 6.11. The Labute approximate surface area is 132 Å². The summed E-state index contributed by atoms with van der Waals surface area (Å²) in [6.07, 6.45) is 0. The van der Waals surface area contributed by atoms with Crippen LogP contribution < -0.4 is 5.32 Å². The van der Waals surface area contributed by atoms with Crippen LogP contribution in [0.4, 0.5) is 17.1 Å². The van der Waals surface area contributed by atoms with Gasteiger partial charge in [-0.3, -0.25) is 10.1 Å². The van der Waals surface area contributed by atoms with Gasteiger partial charge in [0.2, 0.25) is 0 Å². The summed E-state index contributed by atoms with van der Waals surface area (Å²) in [4.78, 5) is 21.5. The molecule has 0 saturated heterocycles. The summed E-state index contributed by atoms with van der Waals surface area (Å²) >= 11 is 9.11. The minimum absolute atomic E-state index is 0.0860. The maximum atomic E-state index is 11.1. The third-order valence-corrected chi connectivity index (χ3v) is 3.54. The molecule has 0 aromatic heterocycles. The first-order chi connectivity index (χ1) is 9.90. The van der Waals surface area contributed by atoms with Gasteiger partial charge in [-0.2, -0.15) is 0 Å². The van der Waals surface area contributed by atoms with Crippen LogP contribution >= 0.6 is 27.5 Å². The standard InChI is InChI=1S/C13H8BrClN2O4/c14-9-6-7(15)4-5-10(9)16-11-3-1-2-8(13(18)19)12(11)17(20)21/h1-6,16H,(H,18,19). The summed E-state index contributed by atoms with van der Waals surface area (Å²) in [5.74, 6) is -1.36. The number of carboxylic acid groups (broad SMARTS) is 1. The molecule has 0 bridgehead atoms. The van der Waals surface area contributed by atoms with Crippen molar-refractivity contribution in [1.82, 2.24) is 0 Å². The van der Waals surface area contributed by atoms with Crippen molar-refractivity contribution in [3.8, 4) is 0 Å². The van der Waals surface area contributed by atoms with E-state index in [-0.39, 0.29) is 11.3 Å². The highest BCUT2D eigenvalue weighted by molar-refractivity contribution is 9.10. The van der Waals surface area contributed by atoms with Crippen molar-refractivity contribution >= 4 is 50.6 Å². The first kappa shape index (κ1) is 15.3. The van der Waals surface area contributed by atoms with E-state index < -0.39 is 16.6 Å². The highest BCUT2D eigenvalue weighted by atomic mass is 79.9. The van der Waals surface area contributed by atoms with Crippen molar-refractivity contribution in [2.24, 2.45) is 0 Å². The molecule has 108 valence electrons. The van der Waals surface area contributed by atoms with Crippen LogP contribution in [-0.4, -0.2) is 16.0 Å². The first-order valence-electron chi connectivity index (χ1n) is 5.63. The van der Waals surface area contributed by atoms with Gasteiger partial charge in [-0.15, -0.1) is 0 Å². The number of nitro benzene ring substituents is 1. The van der Waals surface area contributed by atoms with Gasteiger partial charge in [-0.1, -0.05) is 17.7 Å². The van der Waals surface area contributed by atoms with Gasteiger partial charge in [-0.05, 0) is 46.3 Å². The zero-order valence-corrected chi connectivity index (χ0v) is 12.7. The van der Waals surface area contributed by atoms with Crippen LogP contribution in [0.3, 0.4) is 0 Å². The first-order valence-corrected chi connectivity index (χ1v) is 6.80. The molecule has 0 atom stereocenters. The lowest BCUT2D eigenvalue weighted by Gasteiger charge is -2.10. The maximum absolute atomic E-state index is 11.1. The van der Waals surface area contributed by atoms with Crippen molar-refractivity contribution in [3.63, 3.8) is 0 Å². The molecule has 0 unspecified atom stereocenters. The van der Waals surface area contributed by atoms with Crippen molar-refractivity contribution in [3.05, 3.63) is 61.6 Å². The molecule has 2 aromatic carbocycles.